The number of piperidine rings is 1. The van der Waals surface area contributed by atoms with E-state index in [0.29, 0.717) is 6.07 Å². The van der Waals surface area contributed by atoms with E-state index in [-0.39, 0.29) is 36.9 Å². The SMILES string of the molecule is CC(OC(=O)C1CCN(S(=O)(=O)c2ccc(F)c(F)c2)CC1)C(=O)NC(=O)NC1CC1. The molecule has 0 spiro atoms. The Bertz CT molecular complexity index is 975. The van der Waals surface area contributed by atoms with Gasteiger partial charge in [0.15, 0.2) is 17.7 Å². The predicted octanol–water partition coefficient (Wildman–Crippen LogP) is 1.29. The number of halogens is 2. The lowest BCUT2D eigenvalue weighted by Gasteiger charge is -2.30. The number of sulfonamides is 1. The number of benzene rings is 1. The van der Waals surface area contributed by atoms with Gasteiger partial charge in [0.25, 0.3) is 5.91 Å². The van der Waals surface area contributed by atoms with Gasteiger partial charge in [-0.1, -0.05) is 0 Å². The molecule has 1 aromatic carbocycles. The molecule has 9 nitrogen and oxygen atoms in total. The predicted molar refractivity (Wildman–Crippen MR) is 103 cm³/mol. The smallest absolute Gasteiger partial charge is 0.321 e. The van der Waals surface area contributed by atoms with Gasteiger partial charge >= 0.3 is 12.0 Å². The van der Waals surface area contributed by atoms with E-state index in [1.165, 1.54) is 6.92 Å². The molecule has 1 aliphatic heterocycles. The highest BCUT2D eigenvalue weighted by Crippen LogP contribution is 2.26. The number of rotatable bonds is 6. The molecule has 31 heavy (non-hydrogen) atoms. The van der Waals surface area contributed by atoms with Crippen LogP contribution >= 0.6 is 0 Å². The van der Waals surface area contributed by atoms with Gasteiger partial charge in [-0.15, -0.1) is 0 Å². The molecule has 170 valence electrons. The molecule has 0 aromatic heterocycles. The number of nitrogens with zero attached hydrogens (tertiary/aromatic N) is 1. The third kappa shape index (κ3) is 5.76. The number of imide groups is 1. The Morgan fingerprint density at radius 3 is 2.32 bits per heavy atom. The molecular weight excluding hydrogens is 436 g/mol. The zero-order valence-corrected chi connectivity index (χ0v) is 17.6. The molecule has 0 bridgehead atoms. The molecule has 3 amide bonds. The number of urea groups is 1. The van der Waals surface area contributed by atoms with Crippen molar-refractivity contribution in [2.24, 2.45) is 5.92 Å². The van der Waals surface area contributed by atoms with Gasteiger partial charge in [0, 0.05) is 19.1 Å². The van der Waals surface area contributed by atoms with Crippen molar-refractivity contribution >= 4 is 27.9 Å². The summed E-state index contributed by atoms with van der Waals surface area (Å²) >= 11 is 0. The fraction of sp³-hybridized carbons (Fsp3) is 0.526. The van der Waals surface area contributed by atoms with Crippen molar-refractivity contribution in [3.05, 3.63) is 29.8 Å². The number of ether oxygens (including phenoxy) is 1. The summed E-state index contributed by atoms with van der Waals surface area (Å²) in [5.41, 5.74) is 0. The molecule has 2 aliphatic rings. The molecule has 1 atom stereocenters. The number of hydrogen-bond acceptors (Lipinski definition) is 6. The van der Waals surface area contributed by atoms with Gasteiger partial charge in [-0.2, -0.15) is 4.31 Å². The molecular formula is C19H23F2N3O6S. The highest BCUT2D eigenvalue weighted by Gasteiger charge is 2.34. The van der Waals surface area contributed by atoms with Crippen LogP contribution in [-0.2, 0) is 24.3 Å². The van der Waals surface area contributed by atoms with Gasteiger partial charge < -0.3 is 10.1 Å². The van der Waals surface area contributed by atoms with Crippen molar-refractivity contribution in [1.29, 1.82) is 0 Å². The lowest BCUT2D eigenvalue weighted by Crippen LogP contribution is -2.46. The Kier molecular flexibility index (Phi) is 6.90. The van der Waals surface area contributed by atoms with Crippen LogP contribution in [0.15, 0.2) is 23.1 Å². The number of carbonyl (C=O) groups excluding carboxylic acids is 3. The van der Waals surface area contributed by atoms with Crippen LogP contribution in [0, 0.1) is 17.6 Å². The van der Waals surface area contributed by atoms with Gasteiger partial charge in [0.1, 0.15) is 0 Å². The van der Waals surface area contributed by atoms with E-state index in [2.05, 4.69) is 10.6 Å². The van der Waals surface area contributed by atoms with Crippen molar-refractivity contribution in [3.8, 4) is 0 Å². The number of amides is 3. The van der Waals surface area contributed by atoms with E-state index in [4.69, 9.17) is 4.74 Å². The summed E-state index contributed by atoms with van der Waals surface area (Å²) in [5.74, 6) is -4.48. The summed E-state index contributed by atoms with van der Waals surface area (Å²) in [5, 5.41) is 4.68. The van der Waals surface area contributed by atoms with E-state index in [9.17, 15) is 31.6 Å². The number of carbonyl (C=O) groups is 3. The molecule has 1 heterocycles. The Labute approximate surface area is 178 Å². The zero-order chi connectivity index (χ0) is 22.8. The van der Waals surface area contributed by atoms with Crippen LogP contribution in [0.3, 0.4) is 0 Å². The fourth-order valence-electron chi connectivity index (χ4n) is 3.10. The van der Waals surface area contributed by atoms with Crippen LogP contribution in [0.2, 0.25) is 0 Å². The second-order valence-corrected chi connectivity index (χ2v) is 9.51. The quantitative estimate of drug-likeness (QED) is 0.618. The number of nitrogens with one attached hydrogen (secondary N) is 2. The average molecular weight is 459 g/mol. The van der Waals surface area contributed by atoms with Crippen LogP contribution in [0.4, 0.5) is 13.6 Å². The van der Waals surface area contributed by atoms with Crippen molar-refractivity contribution in [2.45, 2.75) is 49.6 Å². The highest BCUT2D eigenvalue weighted by molar-refractivity contribution is 7.89. The Morgan fingerprint density at radius 2 is 1.74 bits per heavy atom. The Hall–Kier alpha value is -2.60. The lowest BCUT2D eigenvalue weighted by atomic mass is 9.98. The first-order valence-corrected chi connectivity index (χ1v) is 11.3. The van der Waals surface area contributed by atoms with Crippen LogP contribution in [0.5, 0.6) is 0 Å². The molecule has 1 aliphatic carbocycles. The van der Waals surface area contributed by atoms with E-state index in [1.807, 2.05) is 0 Å². The van der Waals surface area contributed by atoms with Gasteiger partial charge in [-0.3, -0.25) is 14.9 Å². The normalized spacial score (nSPS) is 18.8. The maximum Gasteiger partial charge on any atom is 0.321 e. The summed E-state index contributed by atoms with van der Waals surface area (Å²) in [6.07, 6.45) is 0.797. The summed E-state index contributed by atoms with van der Waals surface area (Å²) in [6.45, 7) is 1.29. The molecule has 1 saturated heterocycles. The third-order valence-electron chi connectivity index (χ3n) is 5.13. The van der Waals surface area contributed by atoms with E-state index in [0.717, 1.165) is 29.3 Å². The Balaban J connectivity index is 1.50. The van der Waals surface area contributed by atoms with Crippen molar-refractivity contribution in [1.82, 2.24) is 14.9 Å². The summed E-state index contributed by atoms with van der Waals surface area (Å²) < 4.78 is 57.9. The first-order valence-electron chi connectivity index (χ1n) is 9.85. The molecule has 1 saturated carbocycles. The highest BCUT2D eigenvalue weighted by atomic mass is 32.2. The largest absolute Gasteiger partial charge is 0.452 e. The maximum atomic E-state index is 13.4. The minimum Gasteiger partial charge on any atom is -0.452 e. The molecule has 2 N–H and O–H groups in total. The van der Waals surface area contributed by atoms with Crippen LogP contribution < -0.4 is 10.6 Å². The van der Waals surface area contributed by atoms with Crippen LogP contribution in [0.1, 0.15) is 32.6 Å². The monoisotopic (exact) mass is 459 g/mol. The van der Waals surface area contributed by atoms with Crippen molar-refractivity contribution < 1.29 is 36.3 Å². The molecule has 0 radical (unpaired) electrons. The topological polar surface area (TPSA) is 122 Å². The van der Waals surface area contributed by atoms with Gasteiger partial charge in [0.05, 0.1) is 10.8 Å². The second kappa shape index (κ2) is 9.27. The van der Waals surface area contributed by atoms with Crippen LogP contribution in [-0.4, -0.2) is 55.9 Å². The van der Waals surface area contributed by atoms with E-state index >= 15 is 0 Å². The van der Waals surface area contributed by atoms with Gasteiger partial charge in [-0.05, 0) is 50.8 Å². The van der Waals surface area contributed by atoms with E-state index in [1.54, 1.807) is 0 Å². The lowest BCUT2D eigenvalue weighted by molar-refractivity contribution is -0.159. The summed E-state index contributed by atoms with van der Waals surface area (Å²) in [7, 11) is -4.04. The van der Waals surface area contributed by atoms with Gasteiger partial charge in [0.2, 0.25) is 10.0 Å². The molecule has 1 aromatic rings. The zero-order valence-electron chi connectivity index (χ0n) is 16.8. The van der Waals surface area contributed by atoms with E-state index < -0.39 is 51.6 Å². The molecule has 2 fully saturated rings. The van der Waals surface area contributed by atoms with Crippen molar-refractivity contribution in [2.75, 3.05) is 13.1 Å². The number of esters is 1. The average Bonchev–Trinajstić information content (AvgIpc) is 3.53. The Morgan fingerprint density at radius 1 is 1.10 bits per heavy atom. The minimum atomic E-state index is -4.04. The van der Waals surface area contributed by atoms with Crippen molar-refractivity contribution in [3.63, 3.8) is 0 Å². The van der Waals surface area contributed by atoms with Gasteiger partial charge in [-0.25, -0.2) is 22.0 Å². The minimum absolute atomic E-state index is 0.0224. The molecule has 12 heteroatoms. The molecule has 1 unspecified atom stereocenters. The second-order valence-electron chi connectivity index (χ2n) is 7.57. The van der Waals surface area contributed by atoms with Crippen LogP contribution in [0.25, 0.3) is 0 Å². The fourth-order valence-corrected chi connectivity index (χ4v) is 4.59. The molecule has 3 rings (SSSR count). The summed E-state index contributed by atoms with van der Waals surface area (Å²) in [6, 6.07) is 1.76. The maximum absolute atomic E-state index is 13.4. The number of hydrogen-bond donors (Lipinski definition) is 2. The standard InChI is InChI=1S/C19H23F2N3O6S/c1-11(17(25)23-19(27)22-13-2-3-13)30-18(26)12-6-8-24(9-7-12)31(28,29)14-4-5-15(20)16(21)10-14/h4-5,10-13H,2-3,6-9H2,1H3,(H2,22,23,25,27). The first-order chi connectivity index (χ1) is 14.6. The third-order valence-corrected chi connectivity index (χ3v) is 7.02. The summed E-state index contributed by atoms with van der Waals surface area (Å²) in [4.78, 5) is 35.5. The first kappa shape index (κ1) is 23.1.